The van der Waals surface area contributed by atoms with Crippen LogP contribution in [-0.2, 0) is 6.42 Å². The van der Waals surface area contributed by atoms with Crippen molar-refractivity contribution in [3.05, 3.63) is 58.3 Å². The molecule has 0 aliphatic rings. The van der Waals surface area contributed by atoms with Gasteiger partial charge < -0.3 is 14.7 Å². The predicted molar refractivity (Wildman–Crippen MR) is 80.0 cm³/mol. The minimum atomic E-state index is 0.116. The van der Waals surface area contributed by atoms with E-state index < -0.39 is 0 Å². The second-order valence-corrected chi connectivity index (χ2v) is 5.38. The van der Waals surface area contributed by atoms with Crippen molar-refractivity contribution in [3.8, 4) is 23.0 Å². The molecule has 0 fully saturated rings. The van der Waals surface area contributed by atoms with Crippen LogP contribution < -0.4 is 0 Å². The summed E-state index contributed by atoms with van der Waals surface area (Å²) < 4.78 is 5.81. The van der Waals surface area contributed by atoms with Crippen molar-refractivity contribution in [1.82, 2.24) is 10.1 Å². The van der Waals surface area contributed by atoms with Crippen LogP contribution >= 0.6 is 15.9 Å². The fourth-order valence-electron chi connectivity index (χ4n) is 1.89. The molecular formula is C15H11BrN2O3. The predicted octanol–water partition coefficient (Wildman–Crippen LogP) is 3.50. The first kappa shape index (κ1) is 13.6. The van der Waals surface area contributed by atoms with Gasteiger partial charge in [0.25, 0.3) is 5.89 Å². The lowest BCUT2D eigenvalue weighted by Crippen LogP contribution is -1.90. The van der Waals surface area contributed by atoms with Crippen molar-refractivity contribution >= 4 is 15.9 Å². The number of halogens is 1. The molecule has 1 aromatic heterocycles. The second-order valence-electron chi connectivity index (χ2n) is 4.53. The van der Waals surface area contributed by atoms with E-state index in [1.165, 1.54) is 0 Å². The molecule has 0 bridgehead atoms. The van der Waals surface area contributed by atoms with Gasteiger partial charge in [0, 0.05) is 12.0 Å². The fraction of sp³-hybridized carbons (Fsp3) is 0.0667. The van der Waals surface area contributed by atoms with Crippen LogP contribution in [0, 0.1) is 0 Å². The maximum atomic E-state index is 9.67. The van der Waals surface area contributed by atoms with E-state index in [0.29, 0.717) is 28.2 Å². The molecular weight excluding hydrogens is 336 g/mol. The summed E-state index contributed by atoms with van der Waals surface area (Å²) in [5, 5.41) is 22.8. The molecule has 6 heteroatoms. The Morgan fingerprint density at radius 1 is 1.05 bits per heavy atom. The lowest BCUT2D eigenvalue weighted by molar-refractivity contribution is 0.423. The molecule has 0 saturated heterocycles. The zero-order valence-corrected chi connectivity index (χ0v) is 12.4. The van der Waals surface area contributed by atoms with E-state index in [1.54, 1.807) is 42.5 Å². The minimum absolute atomic E-state index is 0.116. The van der Waals surface area contributed by atoms with Crippen LogP contribution in [0.1, 0.15) is 11.4 Å². The molecule has 0 unspecified atom stereocenters. The number of rotatable bonds is 3. The third-order valence-corrected chi connectivity index (χ3v) is 3.63. The second kappa shape index (κ2) is 5.57. The molecule has 5 nitrogen and oxygen atoms in total. The molecule has 106 valence electrons. The molecule has 0 spiro atoms. The molecule has 3 rings (SSSR count). The number of phenols is 2. The van der Waals surface area contributed by atoms with Gasteiger partial charge in [0.05, 0.1) is 4.47 Å². The standard InChI is InChI=1S/C15H11BrN2O3/c16-12-6-3-10(8-13(12)20)15-17-14(18-21-15)7-9-1-4-11(19)5-2-9/h1-6,8,19-20H,7H2. The molecule has 0 radical (unpaired) electrons. The van der Waals surface area contributed by atoms with Crippen LogP contribution in [0.15, 0.2) is 51.5 Å². The zero-order chi connectivity index (χ0) is 14.8. The molecule has 0 saturated carbocycles. The normalized spacial score (nSPS) is 10.7. The Hall–Kier alpha value is -2.34. The Kier molecular flexibility index (Phi) is 3.62. The van der Waals surface area contributed by atoms with Gasteiger partial charge in [0.1, 0.15) is 11.5 Å². The third-order valence-electron chi connectivity index (χ3n) is 2.96. The number of nitrogens with zero attached hydrogens (tertiary/aromatic N) is 2. The van der Waals surface area contributed by atoms with Gasteiger partial charge in [-0.1, -0.05) is 17.3 Å². The zero-order valence-electron chi connectivity index (χ0n) is 10.8. The number of aromatic hydroxyl groups is 2. The Morgan fingerprint density at radius 2 is 1.81 bits per heavy atom. The maximum Gasteiger partial charge on any atom is 0.258 e. The highest BCUT2D eigenvalue weighted by molar-refractivity contribution is 9.10. The van der Waals surface area contributed by atoms with Crippen molar-refractivity contribution in [3.63, 3.8) is 0 Å². The van der Waals surface area contributed by atoms with E-state index in [0.717, 1.165) is 5.56 Å². The van der Waals surface area contributed by atoms with Crippen molar-refractivity contribution in [1.29, 1.82) is 0 Å². The average molecular weight is 347 g/mol. The molecule has 1 heterocycles. The largest absolute Gasteiger partial charge is 0.508 e. The van der Waals surface area contributed by atoms with Crippen molar-refractivity contribution in [2.24, 2.45) is 0 Å². The van der Waals surface area contributed by atoms with Crippen LogP contribution in [0.4, 0.5) is 0 Å². The van der Waals surface area contributed by atoms with E-state index in [2.05, 4.69) is 26.1 Å². The summed E-state index contributed by atoms with van der Waals surface area (Å²) >= 11 is 3.22. The monoisotopic (exact) mass is 346 g/mol. The van der Waals surface area contributed by atoms with Gasteiger partial charge >= 0.3 is 0 Å². The Bertz CT molecular complexity index is 769. The third kappa shape index (κ3) is 3.05. The van der Waals surface area contributed by atoms with Crippen LogP contribution in [0.25, 0.3) is 11.5 Å². The van der Waals surface area contributed by atoms with Gasteiger partial charge in [-0.05, 0) is 51.8 Å². The molecule has 0 aliphatic carbocycles. The fourth-order valence-corrected chi connectivity index (χ4v) is 2.13. The summed E-state index contributed by atoms with van der Waals surface area (Å²) in [5.74, 6) is 1.23. The highest BCUT2D eigenvalue weighted by Crippen LogP contribution is 2.29. The summed E-state index contributed by atoms with van der Waals surface area (Å²) in [6, 6.07) is 11.9. The van der Waals surface area contributed by atoms with E-state index in [-0.39, 0.29) is 11.5 Å². The van der Waals surface area contributed by atoms with Gasteiger partial charge in [-0.25, -0.2) is 0 Å². The molecule has 3 aromatic rings. The van der Waals surface area contributed by atoms with E-state index >= 15 is 0 Å². The first-order chi connectivity index (χ1) is 10.1. The van der Waals surface area contributed by atoms with Gasteiger partial charge in [0.2, 0.25) is 0 Å². The first-order valence-electron chi connectivity index (χ1n) is 6.21. The summed E-state index contributed by atoms with van der Waals surface area (Å²) in [6.07, 6.45) is 0.506. The maximum absolute atomic E-state index is 9.67. The number of benzene rings is 2. The molecule has 2 aromatic carbocycles. The van der Waals surface area contributed by atoms with E-state index in [9.17, 15) is 10.2 Å². The quantitative estimate of drug-likeness (QED) is 0.758. The van der Waals surface area contributed by atoms with Gasteiger partial charge in [-0.2, -0.15) is 4.98 Å². The van der Waals surface area contributed by atoms with E-state index in [4.69, 9.17) is 4.52 Å². The summed E-state index contributed by atoms with van der Waals surface area (Å²) in [4.78, 5) is 4.30. The number of hydrogen-bond acceptors (Lipinski definition) is 5. The number of phenolic OH excluding ortho intramolecular Hbond substituents is 2. The highest BCUT2D eigenvalue weighted by Gasteiger charge is 2.11. The molecule has 0 aliphatic heterocycles. The lowest BCUT2D eigenvalue weighted by atomic mass is 10.1. The summed E-state index contributed by atoms with van der Waals surface area (Å²) in [7, 11) is 0. The Labute approximate surface area is 129 Å². The molecule has 21 heavy (non-hydrogen) atoms. The van der Waals surface area contributed by atoms with Crippen molar-refractivity contribution in [2.75, 3.05) is 0 Å². The number of aromatic nitrogens is 2. The van der Waals surface area contributed by atoms with Crippen LogP contribution in [0.5, 0.6) is 11.5 Å². The van der Waals surface area contributed by atoms with Crippen LogP contribution in [0.3, 0.4) is 0 Å². The topological polar surface area (TPSA) is 79.4 Å². The minimum Gasteiger partial charge on any atom is -0.508 e. The van der Waals surface area contributed by atoms with E-state index in [1.807, 2.05) is 0 Å². The van der Waals surface area contributed by atoms with Crippen molar-refractivity contribution < 1.29 is 14.7 Å². The van der Waals surface area contributed by atoms with Gasteiger partial charge in [0.15, 0.2) is 5.82 Å². The lowest BCUT2D eigenvalue weighted by Gasteiger charge is -1.98. The Balaban J connectivity index is 1.82. The average Bonchev–Trinajstić information content (AvgIpc) is 2.93. The van der Waals surface area contributed by atoms with Crippen LogP contribution in [-0.4, -0.2) is 20.4 Å². The summed E-state index contributed by atoms with van der Waals surface area (Å²) in [6.45, 7) is 0. The highest BCUT2D eigenvalue weighted by atomic mass is 79.9. The smallest absolute Gasteiger partial charge is 0.258 e. The van der Waals surface area contributed by atoms with Gasteiger partial charge in [-0.3, -0.25) is 0 Å². The SMILES string of the molecule is Oc1ccc(Cc2noc(-c3ccc(Br)c(O)c3)n2)cc1. The first-order valence-corrected chi connectivity index (χ1v) is 7.00. The van der Waals surface area contributed by atoms with Crippen molar-refractivity contribution in [2.45, 2.75) is 6.42 Å². The molecule has 0 amide bonds. The van der Waals surface area contributed by atoms with Crippen LogP contribution in [0.2, 0.25) is 0 Å². The molecule has 0 atom stereocenters. The Morgan fingerprint density at radius 3 is 2.52 bits per heavy atom. The summed E-state index contributed by atoms with van der Waals surface area (Å²) in [5.41, 5.74) is 1.62. The molecule has 2 N–H and O–H groups in total. The van der Waals surface area contributed by atoms with Gasteiger partial charge in [-0.15, -0.1) is 0 Å². The number of hydrogen-bond donors (Lipinski definition) is 2.